The predicted octanol–water partition coefficient (Wildman–Crippen LogP) is 1.50. The van der Waals surface area contributed by atoms with Crippen LogP contribution in [-0.2, 0) is 0 Å². The van der Waals surface area contributed by atoms with Gasteiger partial charge < -0.3 is 11.1 Å². The van der Waals surface area contributed by atoms with Gasteiger partial charge in [-0.05, 0) is 44.6 Å². The van der Waals surface area contributed by atoms with Crippen LogP contribution in [0.25, 0.3) is 0 Å². The summed E-state index contributed by atoms with van der Waals surface area (Å²) in [5, 5.41) is 3.51. The molecule has 1 unspecified atom stereocenters. The summed E-state index contributed by atoms with van der Waals surface area (Å²) in [5.74, 6) is 1.82. The second kappa shape index (κ2) is 3.97. The minimum Gasteiger partial charge on any atom is -0.328 e. The molecule has 2 heteroatoms. The number of hydrogen-bond donors (Lipinski definition) is 2. The van der Waals surface area contributed by atoms with Crippen molar-refractivity contribution >= 4 is 0 Å². The molecule has 0 spiro atoms. The highest BCUT2D eigenvalue weighted by Crippen LogP contribution is 2.37. The molecular weight excluding hydrogens is 160 g/mol. The third-order valence-electron chi connectivity index (χ3n) is 3.96. The monoisotopic (exact) mass is 182 g/mol. The number of nitrogens with two attached hydrogens (primary N) is 1. The number of rotatable bonds is 3. The fourth-order valence-electron chi connectivity index (χ4n) is 3.17. The molecule has 1 atom stereocenters. The Morgan fingerprint density at radius 1 is 1.15 bits per heavy atom. The lowest BCUT2D eigenvalue weighted by molar-refractivity contribution is 0.159. The molecule has 76 valence electrons. The second-order valence-corrected chi connectivity index (χ2v) is 4.85. The summed E-state index contributed by atoms with van der Waals surface area (Å²) in [6.45, 7) is 0. The molecule has 0 radical (unpaired) electrons. The molecule has 2 fully saturated rings. The van der Waals surface area contributed by atoms with Crippen LogP contribution >= 0.6 is 0 Å². The topological polar surface area (TPSA) is 38.0 Å². The van der Waals surface area contributed by atoms with Crippen LogP contribution in [0.1, 0.15) is 38.5 Å². The molecule has 0 bridgehead atoms. The quantitative estimate of drug-likeness (QED) is 0.694. The molecule has 0 heterocycles. The molecule has 0 amide bonds. The molecule has 2 saturated carbocycles. The number of hydrogen-bond acceptors (Lipinski definition) is 2. The highest BCUT2D eigenvalue weighted by atomic mass is 14.9. The van der Waals surface area contributed by atoms with Gasteiger partial charge in [-0.3, -0.25) is 0 Å². The maximum atomic E-state index is 5.83. The van der Waals surface area contributed by atoms with Gasteiger partial charge in [0, 0.05) is 12.1 Å². The van der Waals surface area contributed by atoms with Gasteiger partial charge in [-0.2, -0.15) is 0 Å². The van der Waals surface area contributed by atoms with E-state index >= 15 is 0 Å². The highest BCUT2D eigenvalue weighted by molar-refractivity contribution is 4.94. The normalized spacial score (nSPS) is 37.4. The van der Waals surface area contributed by atoms with E-state index in [2.05, 4.69) is 12.4 Å². The van der Waals surface area contributed by atoms with Crippen LogP contribution in [0.5, 0.6) is 0 Å². The van der Waals surface area contributed by atoms with Crippen molar-refractivity contribution in [2.24, 2.45) is 17.6 Å². The molecule has 3 N–H and O–H groups in total. The van der Waals surface area contributed by atoms with Gasteiger partial charge in [0.25, 0.3) is 0 Å². The van der Waals surface area contributed by atoms with E-state index in [-0.39, 0.29) is 0 Å². The fraction of sp³-hybridized carbons (Fsp3) is 1.00. The Morgan fingerprint density at radius 3 is 2.23 bits per heavy atom. The minimum absolute atomic E-state index is 0.502. The lowest BCUT2D eigenvalue weighted by atomic mass is 9.72. The Morgan fingerprint density at radius 2 is 1.77 bits per heavy atom. The zero-order chi connectivity index (χ0) is 9.26. The summed E-state index contributed by atoms with van der Waals surface area (Å²) in [4.78, 5) is 0. The molecule has 2 aliphatic rings. The summed E-state index contributed by atoms with van der Waals surface area (Å²) in [7, 11) is 2.12. The van der Waals surface area contributed by atoms with E-state index in [9.17, 15) is 0 Å². The van der Waals surface area contributed by atoms with Gasteiger partial charge in [0.05, 0.1) is 0 Å². The molecule has 0 aliphatic heterocycles. The van der Waals surface area contributed by atoms with Gasteiger partial charge in [0.1, 0.15) is 0 Å². The van der Waals surface area contributed by atoms with Crippen LogP contribution in [0.2, 0.25) is 0 Å². The van der Waals surface area contributed by atoms with Crippen molar-refractivity contribution in [1.82, 2.24) is 5.32 Å². The first-order valence-corrected chi connectivity index (χ1v) is 5.74. The first-order chi connectivity index (χ1) is 6.31. The largest absolute Gasteiger partial charge is 0.328 e. The smallest absolute Gasteiger partial charge is 0.0122 e. The fourth-order valence-corrected chi connectivity index (χ4v) is 3.17. The van der Waals surface area contributed by atoms with Gasteiger partial charge in [-0.25, -0.2) is 0 Å². The van der Waals surface area contributed by atoms with E-state index in [4.69, 9.17) is 5.73 Å². The van der Waals surface area contributed by atoms with Crippen LogP contribution in [0.4, 0.5) is 0 Å². The first-order valence-electron chi connectivity index (χ1n) is 5.74. The van der Waals surface area contributed by atoms with Crippen LogP contribution in [-0.4, -0.2) is 19.1 Å². The Hall–Kier alpha value is -0.0800. The molecule has 0 saturated heterocycles. The molecule has 0 aromatic rings. The maximum Gasteiger partial charge on any atom is 0.0122 e. The lowest BCUT2D eigenvalue weighted by Crippen LogP contribution is -2.49. The van der Waals surface area contributed by atoms with Gasteiger partial charge in [0.2, 0.25) is 0 Å². The first kappa shape index (κ1) is 9.47. The Kier molecular flexibility index (Phi) is 2.89. The SMILES string of the molecule is CNC(C1CCCC1)C1CC(N)C1. The van der Waals surface area contributed by atoms with E-state index in [1.807, 2.05) is 0 Å². The van der Waals surface area contributed by atoms with Crippen molar-refractivity contribution in [3.05, 3.63) is 0 Å². The average Bonchev–Trinajstić information content (AvgIpc) is 2.55. The van der Waals surface area contributed by atoms with Crippen LogP contribution in [0.3, 0.4) is 0 Å². The molecular formula is C11H22N2. The lowest BCUT2D eigenvalue weighted by Gasteiger charge is -2.41. The predicted molar refractivity (Wildman–Crippen MR) is 55.5 cm³/mol. The van der Waals surface area contributed by atoms with Crippen LogP contribution in [0, 0.1) is 11.8 Å². The van der Waals surface area contributed by atoms with Gasteiger partial charge in [-0.15, -0.1) is 0 Å². The van der Waals surface area contributed by atoms with E-state index in [0.717, 1.165) is 17.9 Å². The summed E-state index contributed by atoms with van der Waals surface area (Å²) in [6.07, 6.45) is 8.28. The van der Waals surface area contributed by atoms with Crippen molar-refractivity contribution in [2.45, 2.75) is 50.6 Å². The zero-order valence-electron chi connectivity index (χ0n) is 8.63. The van der Waals surface area contributed by atoms with Crippen LogP contribution in [0.15, 0.2) is 0 Å². The summed E-state index contributed by atoms with van der Waals surface area (Å²) >= 11 is 0. The maximum absolute atomic E-state index is 5.83. The molecule has 2 nitrogen and oxygen atoms in total. The Labute approximate surface area is 81.3 Å². The summed E-state index contributed by atoms with van der Waals surface area (Å²) in [5.41, 5.74) is 5.83. The molecule has 0 aromatic carbocycles. The van der Waals surface area contributed by atoms with Crippen molar-refractivity contribution in [3.63, 3.8) is 0 Å². The van der Waals surface area contributed by atoms with Crippen LogP contribution < -0.4 is 11.1 Å². The van der Waals surface area contributed by atoms with Crippen molar-refractivity contribution in [3.8, 4) is 0 Å². The number of nitrogens with one attached hydrogen (secondary N) is 1. The zero-order valence-corrected chi connectivity index (χ0v) is 8.63. The van der Waals surface area contributed by atoms with Gasteiger partial charge >= 0.3 is 0 Å². The highest BCUT2D eigenvalue weighted by Gasteiger charge is 2.37. The molecule has 13 heavy (non-hydrogen) atoms. The molecule has 2 aliphatic carbocycles. The van der Waals surface area contributed by atoms with Crippen molar-refractivity contribution in [1.29, 1.82) is 0 Å². The van der Waals surface area contributed by atoms with E-state index < -0.39 is 0 Å². The average molecular weight is 182 g/mol. The van der Waals surface area contributed by atoms with E-state index in [0.29, 0.717) is 6.04 Å². The third-order valence-corrected chi connectivity index (χ3v) is 3.96. The van der Waals surface area contributed by atoms with E-state index in [1.165, 1.54) is 38.5 Å². The molecule has 2 rings (SSSR count). The summed E-state index contributed by atoms with van der Waals surface area (Å²) < 4.78 is 0. The third kappa shape index (κ3) is 1.89. The standard InChI is InChI=1S/C11H22N2/c1-13-11(8-4-2-3-5-8)9-6-10(12)7-9/h8-11,13H,2-7,12H2,1H3. The minimum atomic E-state index is 0.502. The van der Waals surface area contributed by atoms with Crippen molar-refractivity contribution < 1.29 is 0 Å². The Bertz CT molecular complexity index is 157. The summed E-state index contributed by atoms with van der Waals surface area (Å²) in [6, 6.07) is 1.27. The van der Waals surface area contributed by atoms with Gasteiger partial charge in [0.15, 0.2) is 0 Å². The van der Waals surface area contributed by atoms with Crippen molar-refractivity contribution in [2.75, 3.05) is 7.05 Å². The van der Waals surface area contributed by atoms with E-state index in [1.54, 1.807) is 0 Å². The van der Waals surface area contributed by atoms with Gasteiger partial charge in [-0.1, -0.05) is 12.8 Å². The Balaban J connectivity index is 1.85. The second-order valence-electron chi connectivity index (χ2n) is 4.85. The molecule has 0 aromatic heterocycles.